The lowest BCUT2D eigenvalue weighted by atomic mass is 10.2. The van der Waals surface area contributed by atoms with Crippen molar-refractivity contribution in [2.45, 2.75) is 12.8 Å². The fourth-order valence-electron chi connectivity index (χ4n) is 3.56. The summed E-state index contributed by atoms with van der Waals surface area (Å²) >= 11 is 0. The number of methoxy groups -OCH3 is 2. The predicted octanol–water partition coefficient (Wildman–Crippen LogP) is 4.48. The Bertz CT molecular complexity index is 1070. The second-order valence-electron chi connectivity index (χ2n) is 7.34. The van der Waals surface area contributed by atoms with Crippen LogP contribution in [0.15, 0.2) is 54.7 Å². The van der Waals surface area contributed by atoms with Gasteiger partial charge >= 0.3 is 6.03 Å². The molecule has 9 heteroatoms. The van der Waals surface area contributed by atoms with Crippen LogP contribution in [0, 0.1) is 0 Å². The molecule has 0 atom stereocenters. The highest BCUT2D eigenvalue weighted by Gasteiger charge is 2.13. The Labute approximate surface area is 186 Å². The average Bonchev–Trinajstić information content (AvgIpc) is 3.35. The lowest BCUT2D eigenvalue weighted by molar-refractivity contribution is 0.262. The van der Waals surface area contributed by atoms with E-state index in [-0.39, 0.29) is 6.03 Å². The molecule has 166 valence electrons. The zero-order valence-corrected chi connectivity index (χ0v) is 18.1. The van der Waals surface area contributed by atoms with Gasteiger partial charge in [-0.1, -0.05) is 0 Å². The second-order valence-corrected chi connectivity index (χ2v) is 7.34. The smallest absolute Gasteiger partial charge is 0.323 e. The molecule has 2 heterocycles. The summed E-state index contributed by atoms with van der Waals surface area (Å²) in [5.74, 6) is 1.82. The first-order valence-corrected chi connectivity index (χ1v) is 10.4. The number of hydrogen-bond donors (Lipinski definition) is 3. The topological polar surface area (TPSA) is 101 Å². The Kier molecular flexibility index (Phi) is 6.54. The van der Waals surface area contributed by atoms with Crippen molar-refractivity contribution in [2.24, 2.45) is 0 Å². The lowest BCUT2D eigenvalue weighted by Gasteiger charge is -2.17. The molecule has 2 aromatic carbocycles. The first-order valence-electron chi connectivity index (χ1n) is 10.4. The molecular weight excluding hydrogens is 408 g/mol. The predicted molar refractivity (Wildman–Crippen MR) is 125 cm³/mol. The van der Waals surface area contributed by atoms with Gasteiger partial charge in [-0.2, -0.15) is 5.10 Å². The van der Waals surface area contributed by atoms with Crippen LogP contribution in [0.3, 0.4) is 0 Å². The van der Waals surface area contributed by atoms with Gasteiger partial charge in [-0.25, -0.2) is 4.79 Å². The highest BCUT2D eigenvalue weighted by atomic mass is 16.5. The molecule has 1 aromatic heterocycles. The van der Waals surface area contributed by atoms with Gasteiger partial charge in [0.05, 0.1) is 26.1 Å². The van der Waals surface area contributed by atoms with E-state index in [0.717, 1.165) is 24.5 Å². The summed E-state index contributed by atoms with van der Waals surface area (Å²) in [6.45, 7) is 2.10. The zero-order valence-electron chi connectivity index (χ0n) is 18.1. The van der Waals surface area contributed by atoms with Crippen LogP contribution < -0.4 is 30.3 Å². The molecule has 0 aliphatic carbocycles. The summed E-state index contributed by atoms with van der Waals surface area (Å²) in [6.07, 6.45) is 4.21. The van der Waals surface area contributed by atoms with Gasteiger partial charge < -0.3 is 30.3 Å². The molecule has 3 N–H and O–H groups in total. The van der Waals surface area contributed by atoms with E-state index in [0.29, 0.717) is 28.7 Å². The Morgan fingerprint density at radius 3 is 2.25 bits per heavy atom. The van der Waals surface area contributed by atoms with Crippen molar-refractivity contribution in [1.29, 1.82) is 0 Å². The van der Waals surface area contributed by atoms with Crippen molar-refractivity contribution in [3.63, 3.8) is 0 Å². The summed E-state index contributed by atoms with van der Waals surface area (Å²) < 4.78 is 10.5. The van der Waals surface area contributed by atoms with Crippen LogP contribution in [0.5, 0.6) is 11.5 Å². The third-order valence-electron chi connectivity index (χ3n) is 5.17. The van der Waals surface area contributed by atoms with E-state index in [1.54, 1.807) is 38.6 Å². The minimum absolute atomic E-state index is 0.359. The summed E-state index contributed by atoms with van der Waals surface area (Å²) in [7, 11) is 3.11. The van der Waals surface area contributed by atoms with Gasteiger partial charge in [0.25, 0.3) is 0 Å². The van der Waals surface area contributed by atoms with Crippen molar-refractivity contribution in [3.8, 4) is 11.5 Å². The van der Waals surface area contributed by atoms with Crippen LogP contribution in [0.4, 0.5) is 33.4 Å². The van der Waals surface area contributed by atoms with Crippen molar-refractivity contribution in [1.82, 2.24) is 10.2 Å². The molecule has 1 fully saturated rings. The summed E-state index contributed by atoms with van der Waals surface area (Å²) in [5, 5.41) is 17.1. The van der Waals surface area contributed by atoms with Crippen LogP contribution in [0.1, 0.15) is 12.8 Å². The van der Waals surface area contributed by atoms with Crippen LogP contribution in [0.2, 0.25) is 0 Å². The van der Waals surface area contributed by atoms with Crippen molar-refractivity contribution < 1.29 is 14.3 Å². The number of aromatic nitrogens is 2. The van der Waals surface area contributed by atoms with Gasteiger partial charge in [0.2, 0.25) is 0 Å². The number of rotatable bonds is 7. The summed E-state index contributed by atoms with van der Waals surface area (Å²) in [6, 6.07) is 14.2. The molecule has 4 rings (SSSR count). The quantitative estimate of drug-likeness (QED) is 0.504. The third kappa shape index (κ3) is 5.18. The maximum atomic E-state index is 12.3. The van der Waals surface area contributed by atoms with E-state index < -0.39 is 0 Å². The fourth-order valence-corrected chi connectivity index (χ4v) is 3.56. The molecule has 0 unspecified atom stereocenters. The molecule has 0 saturated carbocycles. The Hall–Kier alpha value is -4.01. The van der Waals surface area contributed by atoms with Crippen LogP contribution in [-0.2, 0) is 0 Å². The minimum Gasteiger partial charge on any atom is -0.493 e. The zero-order chi connectivity index (χ0) is 22.3. The van der Waals surface area contributed by atoms with Gasteiger partial charge in [-0.3, -0.25) is 0 Å². The van der Waals surface area contributed by atoms with E-state index in [1.807, 2.05) is 30.3 Å². The van der Waals surface area contributed by atoms with Gasteiger partial charge in [-0.15, -0.1) is 5.10 Å². The Morgan fingerprint density at radius 2 is 1.53 bits per heavy atom. The van der Waals surface area contributed by atoms with Crippen molar-refractivity contribution in [2.75, 3.05) is 48.2 Å². The van der Waals surface area contributed by atoms with E-state index in [9.17, 15) is 4.79 Å². The van der Waals surface area contributed by atoms with E-state index in [1.165, 1.54) is 12.8 Å². The third-order valence-corrected chi connectivity index (χ3v) is 5.17. The lowest BCUT2D eigenvalue weighted by Crippen LogP contribution is -2.19. The van der Waals surface area contributed by atoms with Gasteiger partial charge in [0, 0.05) is 42.3 Å². The number of hydrogen-bond acceptors (Lipinski definition) is 7. The summed E-state index contributed by atoms with van der Waals surface area (Å²) in [4.78, 5) is 14.7. The van der Waals surface area contributed by atoms with Crippen LogP contribution in [0.25, 0.3) is 0 Å². The molecule has 9 nitrogen and oxygen atoms in total. The standard InChI is InChI=1S/C23H26N6O3/c1-31-20-10-9-18(13-21(20)32-2)27-23(30)26-17-7-5-16(6-8-17)25-22-14-19(15-24-28-22)29-11-3-4-12-29/h5-10,13-15H,3-4,11-12H2,1-2H3,(H,25,28)(H2,26,27,30). The molecule has 0 spiro atoms. The van der Waals surface area contributed by atoms with Crippen molar-refractivity contribution in [3.05, 3.63) is 54.7 Å². The van der Waals surface area contributed by atoms with Crippen molar-refractivity contribution >= 4 is 34.6 Å². The van der Waals surface area contributed by atoms with E-state index >= 15 is 0 Å². The second kappa shape index (κ2) is 9.86. The Morgan fingerprint density at radius 1 is 0.875 bits per heavy atom. The maximum absolute atomic E-state index is 12.3. The Balaban J connectivity index is 1.35. The van der Waals surface area contributed by atoms with E-state index in [4.69, 9.17) is 9.47 Å². The monoisotopic (exact) mass is 434 g/mol. The molecule has 1 saturated heterocycles. The number of nitrogens with one attached hydrogen (secondary N) is 3. The highest BCUT2D eigenvalue weighted by Crippen LogP contribution is 2.30. The minimum atomic E-state index is -0.359. The maximum Gasteiger partial charge on any atom is 0.323 e. The number of carbonyl (C=O) groups is 1. The fraction of sp³-hybridized carbons (Fsp3) is 0.261. The molecule has 2 amide bonds. The van der Waals surface area contributed by atoms with Gasteiger partial charge in [0.1, 0.15) is 0 Å². The number of ether oxygens (including phenoxy) is 2. The highest BCUT2D eigenvalue weighted by molar-refractivity contribution is 6.00. The first-order chi connectivity index (χ1) is 15.6. The largest absolute Gasteiger partial charge is 0.493 e. The number of nitrogens with zero attached hydrogens (tertiary/aromatic N) is 3. The molecule has 0 bridgehead atoms. The molecule has 1 aliphatic rings. The van der Waals surface area contributed by atoms with Crippen LogP contribution in [-0.4, -0.2) is 43.5 Å². The van der Waals surface area contributed by atoms with Crippen LogP contribution >= 0.6 is 0 Å². The number of benzene rings is 2. The molecule has 0 radical (unpaired) electrons. The number of anilines is 5. The molecular formula is C23H26N6O3. The molecule has 1 aliphatic heterocycles. The average molecular weight is 435 g/mol. The SMILES string of the molecule is COc1ccc(NC(=O)Nc2ccc(Nc3cc(N4CCCC4)cnn3)cc2)cc1OC. The number of urea groups is 1. The molecule has 32 heavy (non-hydrogen) atoms. The first kappa shape index (κ1) is 21.2. The number of carbonyl (C=O) groups excluding carboxylic acids is 1. The number of amides is 2. The van der Waals surface area contributed by atoms with Gasteiger partial charge in [-0.05, 0) is 49.2 Å². The van der Waals surface area contributed by atoms with E-state index in [2.05, 4.69) is 31.0 Å². The summed E-state index contributed by atoms with van der Waals surface area (Å²) in [5.41, 5.74) is 3.18. The normalized spacial score (nSPS) is 12.9. The molecule has 3 aromatic rings. The van der Waals surface area contributed by atoms with Gasteiger partial charge in [0.15, 0.2) is 17.3 Å².